The highest BCUT2D eigenvalue weighted by atomic mass is 35.5. The zero-order valence-electron chi connectivity index (χ0n) is 12.5. The molecule has 0 bridgehead atoms. The van der Waals surface area contributed by atoms with Gasteiger partial charge < -0.3 is 5.32 Å². The average Bonchev–Trinajstić information content (AvgIpc) is 2.57. The molecule has 7 heteroatoms. The summed E-state index contributed by atoms with van der Waals surface area (Å²) in [6.07, 6.45) is 1.58. The van der Waals surface area contributed by atoms with Crippen LogP contribution < -0.4 is 10.9 Å². The van der Waals surface area contributed by atoms with Crippen molar-refractivity contribution in [2.45, 2.75) is 13.0 Å². The molecule has 0 atom stereocenters. The summed E-state index contributed by atoms with van der Waals surface area (Å²) in [5, 5.41) is 4.08. The summed E-state index contributed by atoms with van der Waals surface area (Å²) in [4.78, 5) is 28.6. The molecule has 24 heavy (non-hydrogen) atoms. The maximum Gasteiger partial charge on any atom is 0.261 e. The van der Waals surface area contributed by atoms with E-state index in [-0.39, 0.29) is 24.4 Å². The Hall–Kier alpha value is -2.37. The molecule has 0 aliphatic heterocycles. The van der Waals surface area contributed by atoms with Gasteiger partial charge >= 0.3 is 0 Å². The summed E-state index contributed by atoms with van der Waals surface area (Å²) < 4.78 is 1.42. The fourth-order valence-electron chi connectivity index (χ4n) is 2.29. The fraction of sp³-hybridized carbons (Fsp3) is 0.118. The molecule has 1 aromatic heterocycles. The van der Waals surface area contributed by atoms with Gasteiger partial charge in [-0.2, -0.15) is 0 Å². The molecular formula is C17H13Cl2N3O2. The number of fused-ring (bicyclic) bond motifs is 1. The molecule has 0 radical (unpaired) electrons. The number of para-hydroxylation sites is 1. The van der Waals surface area contributed by atoms with Crippen molar-refractivity contribution in [3.8, 4) is 0 Å². The maximum absolute atomic E-state index is 12.3. The van der Waals surface area contributed by atoms with Crippen LogP contribution in [0.5, 0.6) is 0 Å². The minimum absolute atomic E-state index is 0.124. The summed E-state index contributed by atoms with van der Waals surface area (Å²) in [5.41, 5.74) is 0.948. The van der Waals surface area contributed by atoms with E-state index in [1.54, 1.807) is 36.4 Å². The Morgan fingerprint density at radius 1 is 1.17 bits per heavy atom. The van der Waals surface area contributed by atoms with Crippen LogP contribution in [-0.2, 0) is 11.3 Å². The van der Waals surface area contributed by atoms with E-state index in [1.807, 2.05) is 6.07 Å². The second-order valence-corrected chi connectivity index (χ2v) is 6.03. The van der Waals surface area contributed by atoms with Gasteiger partial charge in [-0.05, 0) is 30.3 Å². The zero-order valence-corrected chi connectivity index (χ0v) is 14.0. The van der Waals surface area contributed by atoms with Crippen LogP contribution in [0.3, 0.4) is 0 Å². The highest BCUT2D eigenvalue weighted by molar-refractivity contribution is 6.36. The molecule has 0 aliphatic rings. The lowest BCUT2D eigenvalue weighted by atomic mass is 10.2. The number of aryl methyl sites for hydroxylation is 1. The van der Waals surface area contributed by atoms with E-state index in [0.717, 1.165) is 0 Å². The van der Waals surface area contributed by atoms with E-state index in [4.69, 9.17) is 23.2 Å². The zero-order chi connectivity index (χ0) is 17.1. The first-order valence-corrected chi connectivity index (χ1v) is 7.99. The molecular weight excluding hydrogens is 349 g/mol. The van der Waals surface area contributed by atoms with Gasteiger partial charge in [0.1, 0.15) is 0 Å². The molecule has 3 aromatic rings. The predicted octanol–water partition coefficient (Wildman–Crippen LogP) is 3.73. The number of rotatable bonds is 4. The molecule has 0 aliphatic carbocycles. The van der Waals surface area contributed by atoms with Gasteiger partial charge in [0.15, 0.2) is 0 Å². The molecule has 122 valence electrons. The lowest BCUT2D eigenvalue weighted by molar-refractivity contribution is -0.116. The maximum atomic E-state index is 12.3. The monoisotopic (exact) mass is 361 g/mol. The SMILES string of the molecule is O=C(CCn1cnc2ccccc2c1=O)Nc1ccc(Cl)cc1Cl. The van der Waals surface area contributed by atoms with Crippen molar-refractivity contribution in [1.82, 2.24) is 9.55 Å². The van der Waals surface area contributed by atoms with E-state index in [1.165, 1.54) is 10.9 Å². The van der Waals surface area contributed by atoms with Crippen molar-refractivity contribution in [3.05, 3.63) is 69.2 Å². The third-order valence-electron chi connectivity index (χ3n) is 3.52. The Balaban J connectivity index is 1.70. The summed E-state index contributed by atoms with van der Waals surface area (Å²) >= 11 is 11.8. The number of halogens is 2. The van der Waals surface area contributed by atoms with Crippen LogP contribution in [-0.4, -0.2) is 15.5 Å². The highest BCUT2D eigenvalue weighted by Crippen LogP contribution is 2.25. The number of anilines is 1. The summed E-state index contributed by atoms with van der Waals surface area (Å²) in [6.45, 7) is 0.230. The first-order chi connectivity index (χ1) is 11.5. The van der Waals surface area contributed by atoms with Gasteiger partial charge in [-0.25, -0.2) is 4.98 Å². The van der Waals surface area contributed by atoms with Crippen LogP contribution >= 0.6 is 23.2 Å². The van der Waals surface area contributed by atoms with Gasteiger partial charge in [-0.15, -0.1) is 0 Å². The summed E-state index contributed by atoms with van der Waals surface area (Å²) in [6, 6.07) is 11.9. The van der Waals surface area contributed by atoms with E-state index in [0.29, 0.717) is 26.6 Å². The van der Waals surface area contributed by atoms with Crippen LogP contribution in [0.4, 0.5) is 5.69 Å². The molecule has 0 saturated heterocycles. The van der Waals surface area contributed by atoms with Crippen molar-refractivity contribution in [1.29, 1.82) is 0 Å². The standard InChI is InChI=1S/C17H13Cl2N3O2/c18-11-5-6-15(13(19)9-11)21-16(23)7-8-22-10-20-14-4-2-1-3-12(14)17(22)24/h1-6,9-10H,7-8H2,(H,21,23). The fourth-order valence-corrected chi connectivity index (χ4v) is 2.75. The quantitative estimate of drug-likeness (QED) is 0.769. The number of carbonyl (C=O) groups excluding carboxylic acids is 1. The van der Waals surface area contributed by atoms with E-state index < -0.39 is 0 Å². The number of hydrogen-bond acceptors (Lipinski definition) is 3. The number of nitrogens with one attached hydrogen (secondary N) is 1. The number of benzene rings is 2. The molecule has 1 amide bonds. The van der Waals surface area contributed by atoms with E-state index in [2.05, 4.69) is 10.3 Å². The second-order valence-electron chi connectivity index (χ2n) is 5.18. The minimum Gasteiger partial charge on any atom is -0.325 e. The van der Waals surface area contributed by atoms with Gasteiger partial charge in [0, 0.05) is 18.0 Å². The van der Waals surface area contributed by atoms with Crippen molar-refractivity contribution < 1.29 is 4.79 Å². The van der Waals surface area contributed by atoms with Crippen molar-refractivity contribution in [2.24, 2.45) is 0 Å². The third kappa shape index (κ3) is 3.58. The summed E-state index contributed by atoms with van der Waals surface area (Å²) in [5.74, 6) is -0.251. The minimum atomic E-state index is -0.251. The van der Waals surface area contributed by atoms with Crippen molar-refractivity contribution in [2.75, 3.05) is 5.32 Å². The molecule has 1 N–H and O–H groups in total. The van der Waals surface area contributed by atoms with Crippen LogP contribution in [0.15, 0.2) is 53.6 Å². The Morgan fingerprint density at radius 2 is 1.96 bits per heavy atom. The Kier molecular flexibility index (Phi) is 4.83. The van der Waals surface area contributed by atoms with Crippen LogP contribution in [0.25, 0.3) is 10.9 Å². The van der Waals surface area contributed by atoms with E-state index in [9.17, 15) is 9.59 Å². The third-order valence-corrected chi connectivity index (χ3v) is 4.06. The topological polar surface area (TPSA) is 64.0 Å². The number of nitrogens with zero attached hydrogens (tertiary/aromatic N) is 2. The molecule has 3 rings (SSSR count). The predicted molar refractivity (Wildman–Crippen MR) is 95.7 cm³/mol. The number of aromatic nitrogens is 2. The van der Waals surface area contributed by atoms with Gasteiger partial charge in [-0.1, -0.05) is 35.3 Å². The normalized spacial score (nSPS) is 10.8. The van der Waals surface area contributed by atoms with Gasteiger partial charge in [-0.3, -0.25) is 14.2 Å². The van der Waals surface area contributed by atoms with Crippen LogP contribution in [0.2, 0.25) is 10.0 Å². The molecule has 0 unspecified atom stereocenters. The van der Waals surface area contributed by atoms with Gasteiger partial charge in [0.2, 0.25) is 5.91 Å². The van der Waals surface area contributed by atoms with Gasteiger partial charge in [0.05, 0.1) is 27.9 Å². The lowest BCUT2D eigenvalue weighted by Crippen LogP contribution is -2.23. The second kappa shape index (κ2) is 7.03. The Bertz CT molecular complexity index is 969. The average molecular weight is 362 g/mol. The first kappa shape index (κ1) is 16.5. The van der Waals surface area contributed by atoms with Crippen LogP contribution in [0.1, 0.15) is 6.42 Å². The Morgan fingerprint density at radius 3 is 2.75 bits per heavy atom. The van der Waals surface area contributed by atoms with Gasteiger partial charge in [0.25, 0.3) is 5.56 Å². The lowest BCUT2D eigenvalue weighted by Gasteiger charge is -2.09. The number of carbonyl (C=O) groups is 1. The molecule has 0 spiro atoms. The van der Waals surface area contributed by atoms with Crippen molar-refractivity contribution >= 4 is 45.7 Å². The Labute approximate surface area is 147 Å². The van der Waals surface area contributed by atoms with E-state index >= 15 is 0 Å². The molecule has 2 aromatic carbocycles. The molecule has 0 saturated carbocycles. The first-order valence-electron chi connectivity index (χ1n) is 7.23. The molecule has 0 fully saturated rings. The number of amides is 1. The summed E-state index contributed by atoms with van der Waals surface area (Å²) in [7, 11) is 0. The highest BCUT2D eigenvalue weighted by Gasteiger charge is 2.08. The largest absolute Gasteiger partial charge is 0.325 e. The number of hydrogen-bond donors (Lipinski definition) is 1. The molecule has 5 nitrogen and oxygen atoms in total. The van der Waals surface area contributed by atoms with Crippen LogP contribution in [0, 0.1) is 0 Å². The molecule has 1 heterocycles. The van der Waals surface area contributed by atoms with Crippen molar-refractivity contribution in [3.63, 3.8) is 0 Å². The smallest absolute Gasteiger partial charge is 0.261 e.